The highest BCUT2D eigenvalue weighted by Gasteiger charge is 2.31. The summed E-state index contributed by atoms with van der Waals surface area (Å²) in [4.78, 5) is 4.65. The second-order valence-corrected chi connectivity index (χ2v) is 11.0. The highest BCUT2D eigenvalue weighted by atomic mass is 14.6. The predicted molar refractivity (Wildman–Crippen MR) is 189 cm³/mol. The van der Waals surface area contributed by atoms with Gasteiger partial charge in [-0.1, -0.05) is 147 Å². The second-order valence-electron chi connectivity index (χ2n) is 11.0. The summed E-state index contributed by atoms with van der Waals surface area (Å²) in [5, 5.41) is 6.35. The Morgan fingerprint density at radius 1 is 0.341 bits per heavy atom. The Balaban J connectivity index is 0.00000142. The van der Waals surface area contributed by atoms with Crippen LogP contribution >= 0.6 is 0 Å². The van der Waals surface area contributed by atoms with E-state index in [4.69, 9.17) is 0 Å². The number of hydrogen-bond acceptors (Lipinski definition) is 1. The van der Waals surface area contributed by atoms with E-state index in [0.29, 0.717) is 0 Å². The van der Waals surface area contributed by atoms with Gasteiger partial charge in [0.15, 0.2) is 0 Å². The molecule has 0 saturated heterocycles. The van der Waals surface area contributed by atoms with Crippen LogP contribution in [0.2, 0.25) is 0 Å². The minimum Gasteiger partial charge on any atom is -0.256 e. The van der Waals surface area contributed by atoms with E-state index in [2.05, 4.69) is 151 Å². The first-order valence-electron chi connectivity index (χ1n) is 15.5. The van der Waals surface area contributed by atoms with Crippen molar-refractivity contribution in [2.75, 3.05) is 0 Å². The highest BCUT2D eigenvalue weighted by Crippen LogP contribution is 2.58. The van der Waals surface area contributed by atoms with Crippen molar-refractivity contribution < 1.29 is 0 Å². The number of pyridine rings is 1. The van der Waals surface area contributed by atoms with E-state index in [9.17, 15) is 0 Å². The van der Waals surface area contributed by atoms with Crippen LogP contribution in [0.5, 0.6) is 0 Å². The Labute approximate surface area is 258 Å². The van der Waals surface area contributed by atoms with Gasteiger partial charge in [-0.05, 0) is 89.3 Å². The molecule has 1 nitrogen and oxygen atoms in total. The minimum absolute atomic E-state index is 1.02. The molecule has 0 radical (unpaired) electrons. The molecular formula is C43H31N. The van der Waals surface area contributed by atoms with E-state index in [0.717, 1.165) is 5.52 Å². The van der Waals surface area contributed by atoms with E-state index in [1.807, 2.05) is 20.0 Å². The Morgan fingerprint density at radius 2 is 0.818 bits per heavy atom. The molecule has 208 valence electrons. The van der Waals surface area contributed by atoms with Gasteiger partial charge < -0.3 is 0 Å². The molecule has 0 spiro atoms. The summed E-state index contributed by atoms with van der Waals surface area (Å²) < 4.78 is 0. The molecule has 0 amide bonds. The van der Waals surface area contributed by atoms with Gasteiger partial charge in [0.05, 0.1) is 5.52 Å². The monoisotopic (exact) mass is 561 g/mol. The lowest BCUT2D eigenvalue weighted by atomic mass is 9.82. The third-order valence-corrected chi connectivity index (χ3v) is 8.86. The van der Waals surface area contributed by atoms with Gasteiger partial charge in [0.1, 0.15) is 0 Å². The summed E-state index contributed by atoms with van der Waals surface area (Å²) in [6.45, 7) is 4.00. The lowest BCUT2D eigenvalue weighted by molar-refractivity contribution is 1.41. The summed E-state index contributed by atoms with van der Waals surface area (Å²) in [7, 11) is 0. The van der Waals surface area contributed by atoms with E-state index in [-0.39, 0.29) is 0 Å². The number of aromatic nitrogens is 1. The molecule has 7 aromatic carbocycles. The van der Waals surface area contributed by atoms with Crippen LogP contribution in [-0.4, -0.2) is 4.98 Å². The lowest BCUT2D eigenvalue weighted by Crippen LogP contribution is -1.93. The smallest absolute Gasteiger partial charge is 0.0708 e. The van der Waals surface area contributed by atoms with Gasteiger partial charge in [0.2, 0.25) is 0 Å². The Hall–Kier alpha value is -5.53. The molecule has 1 aromatic heterocycles. The van der Waals surface area contributed by atoms with Crippen LogP contribution in [0.15, 0.2) is 152 Å². The zero-order valence-corrected chi connectivity index (χ0v) is 24.9. The van der Waals surface area contributed by atoms with Gasteiger partial charge in [-0.2, -0.15) is 0 Å². The van der Waals surface area contributed by atoms with Crippen molar-refractivity contribution in [1.82, 2.24) is 4.98 Å². The van der Waals surface area contributed by atoms with Crippen LogP contribution in [0, 0.1) is 0 Å². The summed E-state index contributed by atoms with van der Waals surface area (Å²) >= 11 is 0. The number of benzene rings is 7. The van der Waals surface area contributed by atoms with Crippen LogP contribution in [0.1, 0.15) is 13.8 Å². The molecule has 0 fully saturated rings. The van der Waals surface area contributed by atoms with E-state index < -0.39 is 0 Å². The Bertz CT molecular complexity index is 2240. The average Bonchev–Trinajstić information content (AvgIpc) is 3.43. The van der Waals surface area contributed by atoms with Crippen LogP contribution in [0.25, 0.3) is 88.1 Å². The van der Waals surface area contributed by atoms with E-state index in [1.54, 1.807) is 0 Å². The Morgan fingerprint density at radius 3 is 1.45 bits per heavy atom. The summed E-state index contributed by atoms with van der Waals surface area (Å²) in [6.07, 6.45) is 1.93. The molecule has 0 bridgehead atoms. The SMILES string of the molecule is CC.c1ccc(-c2c3c(c(-c4ccccc4)c4ccccc24)-c2ccc(-c4ccnc5ccccc45)c4cccc-3c24)cc1. The van der Waals surface area contributed by atoms with Crippen molar-refractivity contribution in [3.05, 3.63) is 152 Å². The number of nitrogens with zero attached hydrogens (tertiary/aromatic N) is 1. The van der Waals surface area contributed by atoms with Crippen molar-refractivity contribution in [3.63, 3.8) is 0 Å². The quantitative estimate of drug-likeness (QED) is 0.209. The lowest BCUT2D eigenvalue weighted by Gasteiger charge is -2.20. The fraction of sp³-hybridized carbons (Fsp3) is 0.0465. The Kier molecular flexibility index (Phi) is 6.31. The molecule has 8 aromatic rings. The molecule has 1 heterocycles. The van der Waals surface area contributed by atoms with Crippen molar-refractivity contribution >= 4 is 32.4 Å². The van der Waals surface area contributed by atoms with Crippen LogP contribution in [0.4, 0.5) is 0 Å². The maximum atomic E-state index is 4.65. The van der Waals surface area contributed by atoms with Crippen molar-refractivity contribution in [1.29, 1.82) is 0 Å². The number of fused-ring (bicyclic) bond motifs is 5. The maximum Gasteiger partial charge on any atom is 0.0708 e. The number of hydrogen-bond donors (Lipinski definition) is 0. The van der Waals surface area contributed by atoms with Crippen LogP contribution in [-0.2, 0) is 0 Å². The minimum atomic E-state index is 1.02. The molecule has 0 unspecified atom stereocenters. The zero-order valence-electron chi connectivity index (χ0n) is 24.9. The third kappa shape index (κ3) is 3.83. The van der Waals surface area contributed by atoms with Crippen molar-refractivity contribution in [3.8, 4) is 55.6 Å². The van der Waals surface area contributed by atoms with E-state index >= 15 is 0 Å². The highest BCUT2D eigenvalue weighted by molar-refractivity contribution is 6.29. The predicted octanol–water partition coefficient (Wildman–Crippen LogP) is 12.2. The number of rotatable bonds is 3. The molecule has 44 heavy (non-hydrogen) atoms. The average molecular weight is 562 g/mol. The molecule has 0 saturated carbocycles. The van der Waals surface area contributed by atoms with Crippen molar-refractivity contribution in [2.45, 2.75) is 13.8 Å². The first-order valence-corrected chi connectivity index (χ1v) is 15.5. The normalized spacial score (nSPS) is 11.4. The molecule has 1 aliphatic carbocycles. The van der Waals surface area contributed by atoms with Crippen LogP contribution in [0.3, 0.4) is 0 Å². The third-order valence-electron chi connectivity index (χ3n) is 8.86. The van der Waals surface area contributed by atoms with Gasteiger partial charge in [0, 0.05) is 11.6 Å². The topological polar surface area (TPSA) is 12.9 Å². The molecule has 0 N–H and O–H groups in total. The fourth-order valence-corrected chi connectivity index (χ4v) is 7.18. The summed E-state index contributed by atoms with van der Waals surface area (Å²) in [5.74, 6) is 0. The van der Waals surface area contributed by atoms with Gasteiger partial charge in [-0.15, -0.1) is 0 Å². The van der Waals surface area contributed by atoms with Gasteiger partial charge in [-0.3, -0.25) is 4.98 Å². The maximum absolute atomic E-state index is 4.65. The molecule has 0 atom stereocenters. The molecule has 1 heteroatoms. The first kappa shape index (κ1) is 26.1. The van der Waals surface area contributed by atoms with Crippen molar-refractivity contribution in [2.24, 2.45) is 0 Å². The standard InChI is InChI=1S/C41H25N.C2H6/c1-3-12-26(13-4-1)37-32-17-7-8-18-33(32)38(27-14-5-2-6-15-27)41-35-23-22-28(31-19-11-20-34(39(31)35)40(37)41)29-24-25-42-36-21-10-9-16-30(29)36;1-2/h1-25H;1-2H3. The molecule has 9 rings (SSSR count). The number of para-hydroxylation sites is 1. The fourth-order valence-electron chi connectivity index (χ4n) is 7.18. The summed E-state index contributed by atoms with van der Waals surface area (Å²) in [6, 6.07) is 52.9. The summed E-state index contributed by atoms with van der Waals surface area (Å²) in [5.41, 5.74) is 13.9. The van der Waals surface area contributed by atoms with Gasteiger partial charge in [-0.25, -0.2) is 0 Å². The molecule has 0 aliphatic heterocycles. The first-order chi connectivity index (χ1) is 21.9. The molecular weight excluding hydrogens is 530 g/mol. The largest absolute Gasteiger partial charge is 0.256 e. The molecule has 1 aliphatic rings. The van der Waals surface area contributed by atoms with Gasteiger partial charge in [0.25, 0.3) is 0 Å². The van der Waals surface area contributed by atoms with Gasteiger partial charge >= 0.3 is 0 Å². The van der Waals surface area contributed by atoms with E-state index in [1.165, 1.54) is 82.6 Å². The second kappa shape index (κ2) is 10.6. The van der Waals surface area contributed by atoms with Crippen LogP contribution < -0.4 is 0 Å². The zero-order chi connectivity index (χ0) is 29.6.